The maximum atomic E-state index is 14.2. The van der Waals surface area contributed by atoms with Gasteiger partial charge in [-0.1, -0.05) is 85.5 Å². The van der Waals surface area contributed by atoms with Crippen LogP contribution in [-0.2, 0) is 26.0 Å². The highest BCUT2D eigenvalue weighted by Crippen LogP contribution is 2.29. The number of benzene rings is 3. The molecule has 224 valence electrons. The van der Waals surface area contributed by atoms with Crippen molar-refractivity contribution in [2.24, 2.45) is 0 Å². The topological polar surface area (TPSA) is 86.8 Å². The molecule has 1 saturated carbocycles. The lowest BCUT2D eigenvalue weighted by atomic mass is 10.1. The minimum atomic E-state index is -4.14. The van der Waals surface area contributed by atoms with Crippen molar-refractivity contribution in [2.75, 3.05) is 17.4 Å². The maximum absolute atomic E-state index is 14.2. The molecule has 9 heteroatoms. The fraction of sp³-hybridized carbons (Fsp3) is 0.394. The van der Waals surface area contributed by atoms with Gasteiger partial charge in [0, 0.05) is 17.6 Å². The van der Waals surface area contributed by atoms with E-state index < -0.39 is 28.5 Å². The average Bonchev–Trinajstić information content (AvgIpc) is 3.49. The predicted molar refractivity (Wildman–Crippen MR) is 168 cm³/mol. The molecular formula is C33H40ClN3O4S. The molecule has 1 atom stereocenters. The average molecular weight is 610 g/mol. The van der Waals surface area contributed by atoms with Crippen LogP contribution in [0.3, 0.4) is 0 Å². The van der Waals surface area contributed by atoms with E-state index in [1.165, 1.54) is 12.1 Å². The van der Waals surface area contributed by atoms with Crippen molar-refractivity contribution in [1.82, 2.24) is 10.2 Å². The quantitative estimate of drug-likeness (QED) is 0.270. The molecule has 2 amide bonds. The SMILES string of the molecule is CC[C@H](C(=O)NC1CCCC1)N(CCc1ccccc1)C(=O)CN(c1ccc(C)c(Cl)c1)S(=O)(=O)c1ccc(C)cc1. The van der Waals surface area contributed by atoms with Gasteiger partial charge in [-0.2, -0.15) is 0 Å². The van der Waals surface area contributed by atoms with Gasteiger partial charge in [-0.25, -0.2) is 8.42 Å². The standard InChI is InChI=1S/C33H40ClN3O4S/c1-4-31(33(39)35-27-12-8-9-13-27)36(21-20-26-10-6-5-7-11-26)32(38)23-37(28-17-16-25(3)30(34)22-28)42(40,41)29-18-14-24(2)15-19-29/h5-7,10-11,14-19,22,27,31H,4,8-9,12-13,20-21,23H2,1-3H3,(H,35,39)/t31-/m1/s1. The van der Waals surface area contributed by atoms with Gasteiger partial charge in [0.1, 0.15) is 12.6 Å². The summed E-state index contributed by atoms with van der Waals surface area (Å²) in [6, 6.07) is 20.6. The largest absolute Gasteiger partial charge is 0.352 e. The van der Waals surface area contributed by atoms with Crippen LogP contribution in [0.1, 0.15) is 55.7 Å². The molecule has 0 unspecified atom stereocenters. The molecule has 42 heavy (non-hydrogen) atoms. The Labute approximate surface area is 254 Å². The van der Waals surface area contributed by atoms with Crippen LogP contribution in [0.15, 0.2) is 77.7 Å². The van der Waals surface area contributed by atoms with Gasteiger partial charge >= 0.3 is 0 Å². The Balaban J connectivity index is 1.69. The van der Waals surface area contributed by atoms with Gasteiger partial charge in [0.05, 0.1) is 10.6 Å². The van der Waals surface area contributed by atoms with Gasteiger partial charge in [-0.05, 0) is 74.9 Å². The molecule has 4 rings (SSSR count). The molecule has 0 saturated heterocycles. The first-order valence-electron chi connectivity index (χ1n) is 14.6. The minimum absolute atomic E-state index is 0.0689. The molecule has 3 aromatic rings. The van der Waals surface area contributed by atoms with Gasteiger partial charge in [-0.15, -0.1) is 0 Å². The van der Waals surface area contributed by atoms with Gasteiger partial charge in [0.15, 0.2) is 0 Å². The van der Waals surface area contributed by atoms with E-state index in [1.54, 1.807) is 35.2 Å². The van der Waals surface area contributed by atoms with E-state index in [-0.39, 0.29) is 29.1 Å². The second kappa shape index (κ2) is 14.2. The summed E-state index contributed by atoms with van der Waals surface area (Å²) in [5, 5.41) is 3.54. The van der Waals surface area contributed by atoms with Crippen LogP contribution in [0, 0.1) is 13.8 Å². The Morgan fingerprint density at radius 2 is 1.64 bits per heavy atom. The van der Waals surface area contributed by atoms with Crippen LogP contribution in [0.2, 0.25) is 5.02 Å². The van der Waals surface area contributed by atoms with Crippen molar-refractivity contribution in [3.63, 3.8) is 0 Å². The summed E-state index contributed by atoms with van der Waals surface area (Å²) < 4.78 is 29.1. The lowest BCUT2D eigenvalue weighted by Crippen LogP contribution is -2.54. The fourth-order valence-corrected chi connectivity index (χ4v) is 6.95. The first-order valence-corrected chi connectivity index (χ1v) is 16.4. The molecule has 0 aliphatic heterocycles. The molecule has 0 bridgehead atoms. The number of sulfonamides is 1. The highest BCUT2D eigenvalue weighted by atomic mass is 35.5. The van der Waals surface area contributed by atoms with E-state index >= 15 is 0 Å². The Hall–Kier alpha value is -3.36. The van der Waals surface area contributed by atoms with Gasteiger partial charge in [0.2, 0.25) is 11.8 Å². The molecule has 0 aromatic heterocycles. The number of carbonyl (C=O) groups is 2. The predicted octanol–water partition coefficient (Wildman–Crippen LogP) is 6.06. The third kappa shape index (κ3) is 7.72. The zero-order valence-corrected chi connectivity index (χ0v) is 26.1. The van der Waals surface area contributed by atoms with Crippen molar-refractivity contribution >= 4 is 39.1 Å². The van der Waals surface area contributed by atoms with E-state index in [0.29, 0.717) is 17.9 Å². The number of hydrogen-bond donors (Lipinski definition) is 1. The third-order valence-electron chi connectivity index (χ3n) is 7.90. The molecule has 0 spiro atoms. The first-order chi connectivity index (χ1) is 20.1. The Bertz CT molecular complexity index is 1470. The lowest BCUT2D eigenvalue weighted by Gasteiger charge is -2.34. The van der Waals surface area contributed by atoms with Crippen LogP contribution in [0.25, 0.3) is 0 Å². The highest BCUT2D eigenvalue weighted by Gasteiger charge is 2.34. The van der Waals surface area contributed by atoms with E-state index in [0.717, 1.165) is 46.7 Å². The number of nitrogens with zero attached hydrogens (tertiary/aromatic N) is 2. The number of rotatable bonds is 12. The zero-order chi connectivity index (χ0) is 30.3. The van der Waals surface area contributed by atoms with Gasteiger partial charge in [-0.3, -0.25) is 13.9 Å². The van der Waals surface area contributed by atoms with Crippen LogP contribution in [0.5, 0.6) is 0 Å². The minimum Gasteiger partial charge on any atom is -0.352 e. The van der Waals surface area contributed by atoms with Gasteiger partial charge in [0.25, 0.3) is 10.0 Å². The molecule has 0 radical (unpaired) electrons. The summed E-state index contributed by atoms with van der Waals surface area (Å²) in [5.41, 5.74) is 3.02. The van der Waals surface area contributed by atoms with Crippen LogP contribution in [0.4, 0.5) is 5.69 Å². The summed E-state index contributed by atoms with van der Waals surface area (Å²) in [5.74, 6) is -0.649. The maximum Gasteiger partial charge on any atom is 0.264 e. The summed E-state index contributed by atoms with van der Waals surface area (Å²) in [6.45, 7) is 5.38. The van der Waals surface area contributed by atoms with E-state index in [2.05, 4.69) is 5.32 Å². The summed E-state index contributed by atoms with van der Waals surface area (Å²) in [7, 11) is -4.14. The molecule has 7 nitrogen and oxygen atoms in total. The molecule has 3 aromatic carbocycles. The molecule has 1 fully saturated rings. The van der Waals surface area contributed by atoms with E-state index in [4.69, 9.17) is 11.6 Å². The van der Waals surface area contributed by atoms with Crippen LogP contribution in [-0.4, -0.2) is 50.3 Å². The van der Waals surface area contributed by atoms with Crippen LogP contribution >= 0.6 is 11.6 Å². The normalized spacial score (nSPS) is 14.4. The van der Waals surface area contributed by atoms with Crippen molar-refractivity contribution in [1.29, 1.82) is 0 Å². The zero-order valence-electron chi connectivity index (χ0n) is 24.6. The van der Waals surface area contributed by atoms with Crippen molar-refractivity contribution < 1.29 is 18.0 Å². The number of nitrogens with one attached hydrogen (secondary N) is 1. The monoisotopic (exact) mass is 609 g/mol. The number of halogens is 1. The molecular weight excluding hydrogens is 570 g/mol. The second-order valence-electron chi connectivity index (χ2n) is 11.0. The molecule has 1 aliphatic carbocycles. The van der Waals surface area contributed by atoms with Crippen LogP contribution < -0.4 is 9.62 Å². The fourth-order valence-electron chi connectivity index (χ4n) is 5.37. The van der Waals surface area contributed by atoms with Crippen molar-refractivity contribution in [2.45, 2.75) is 76.3 Å². The number of carbonyl (C=O) groups excluding carboxylic acids is 2. The number of aryl methyl sites for hydroxylation is 2. The van der Waals surface area contributed by atoms with E-state index in [1.807, 2.05) is 51.1 Å². The lowest BCUT2D eigenvalue weighted by molar-refractivity contribution is -0.139. The Morgan fingerprint density at radius 3 is 2.26 bits per heavy atom. The smallest absolute Gasteiger partial charge is 0.264 e. The van der Waals surface area contributed by atoms with Crippen molar-refractivity contribution in [3.8, 4) is 0 Å². The third-order valence-corrected chi connectivity index (χ3v) is 10.1. The van der Waals surface area contributed by atoms with Gasteiger partial charge < -0.3 is 10.2 Å². The number of anilines is 1. The molecule has 0 heterocycles. The number of hydrogen-bond acceptors (Lipinski definition) is 4. The summed E-state index contributed by atoms with van der Waals surface area (Å²) in [4.78, 5) is 29.3. The number of amides is 2. The van der Waals surface area contributed by atoms with Crippen molar-refractivity contribution in [3.05, 3.63) is 94.5 Å². The Morgan fingerprint density at radius 1 is 0.976 bits per heavy atom. The summed E-state index contributed by atoms with van der Waals surface area (Å²) >= 11 is 6.42. The second-order valence-corrected chi connectivity index (χ2v) is 13.3. The van der Waals surface area contributed by atoms with E-state index in [9.17, 15) is 18.0 Å². The summed E-state index contributed by atoms with van der Waals surface area (Å²) in [6.07, 6.45) is 4.93. The molecule has 1 N–H and O–H groups in total. The molecule has 1 aliphatic rings. The Kier molecular flexibility index (Phi) is 10.7. The first kappa shape index (κ1) is 31.6. The highest BCUT2D eigenvalue weighted by molar-refractivity contribution is 7.92.